The summed E-state index contributed by atoms with van der Waals surface area (Å²) in [5.41, 5.74) is 0.869. The number of halogens is 2. The molecule has 0 bridgehead atoms. The number of rotatable bonds is 3. The Bertz CT molecular complexity index is 955. The van der Waals surface area contributed by atoms with Gasteiger partial charge in [-0.1, -0.05) is 11.6 Å². The van der Waals surface area contributed by atoms with Gasteiger partial charge in [-0.3, -0.25) is 4.79 Å². The summed E-state index contributed by atoms with van der Waals surface area (Å²) in [5, 5.41) is 5.04. The van der Waals surface area contributed by atoms with E-state index in [-0.39, 0.29) is 21.2 Å². The van der Waals surface area contributed by atoms with Crippen LogP contribution in [0, 0.1) is 5.82 Å². The molecule has 10 heteroatoms. The number of nitrogens with zero attached hydrogens (tertiary/aromatic N) is 2. The second kappa shape index (κ2) is 6.66. The number of aromatic nitrogens is 1. The van der Waals surface area contributed by atoms with Crippen molar-refractivity contribution in [2.75, 3.05) is 36.0 Å². The summed E-state index contributed by atoms with van der Waals surface area (Å²) in [4.78, 5) is 17.5. The third-order valence-electron chi connectivity index (χ3n) is 4.05. The standard InChI is InChI=1S/C15H16ClFN4O3S/c16-11-8-13(14(9-12(11)17)25(18,23)24)21-5-3-20(4-6-21)10-1-2-19-15(22)7-10/h1-2,7-9H,3-6H2,(H,19,22)(H2,18,23,24). The Morgan fingerprint density at radius 2 is 1.76 bits per heavy atom. The topological polar surface area (TPSA) is 99.5 Å². The number of nitrogens with one attached hydrogen (secondary N) is 1. The lowest BCUT2D eigenvalue weighted by atomic mass is 10.2. The number of sulfonamides is 1. The molecule has 1 fully saturated rings. The molecular weight excluding hydrogens is 371 g/mol. The van der Waals surface area contributed by atoms with Crippen LogP contribution in [0.3, 0.4) is 0 Å². The summed E-state index contributed by atoms with van der Waals surface area (Å²) in [6.45, 7) is 2.06. The second-order valence-corrected chi connectivity index (χ2v) is 7.60. The zero-order chi connectivity index (χ0) is 18.2. The van der Waals surface area contributed by atoms with Crippen molar-refractivity contribution in [3.8, 4) is 0 Å². The SMILES string of the molecule is NS(=O)(=O)c1cc(F)c(Cl)cc1N1CCN(c2cc[nH]c(=O)c2)CC1. The number of pyridine rings is 1. The molecule has 25 heavy (non-hydrogen) atoms. The van der Waals surface area contributed by atoms with E-state index in [2.05, 4.69) is 4.98 Å². The quantitative estimate of drug-likeness (QED) is 0.824. The van der Waals surface area contributed by atoms with Crippen LogP contribution < -0.4 is 20.5 Å². The number of anilines is 2. The van der Waals surface area contributed by atoms with E-state index in [0.717, 1.165) is 11.8 Å². The number of benzene rings is 1. The van der Waals surface area contributed by atoms with E-state index < -0.39 is 15.8 Å². The predicted octanol–water partition coefficient (Wildman–Crippen LogP) is 1.14. The molecule has 3 rings (SSSR count). The van der Waals surface area contributed by atoms with E-state index in [4.69, 9.17) is 16.7 Å². The van der Waals surface area contributed by atoms with Crippen molar-refractivity contribution in [1.29, 1.82) is 0 Å². The van der Waals surface area contributed by atoms with Gasteiger partial charge in [0.1, 0.15) is 10.7 Å². The normalized spacial score (nSPS) is 15.5. The zero-order valence-corrected chi connectivity index (χ0v) is 14.6. The van der Waals surface area contributed by atoms with E-state index in [9.17, 15) is 17.6 Å². The molecule has 0 saturated carbocycles. The number of hydrogen-bond donors (Lipinski definition) is 2. The average Bonchev–Trinajstić information content (AvgIpc) is 2.56. The maximum absolute atomic E-state index is 13.7. The van der Waals surface area contributed by atoms with Gasteiger partial charge in [0, 0.05) is 44.1 Å². The first-order valence-corrected chi connectivity index (χ1v) is 9.38. The highest BCUT2D eigenvalue weighted by Gasteiger charge is 2.25. The predicted molar refractivity (Wildman–Crippen MR) is 94.3 cm³/mol. The smallest absolute Gasteiger partial charge is 0.249 e. The molecule has 134 valence electrons. The van der Waals surface area contributed by atoms with E-state index in [1.165, 1.54) is 12.1 Å². The Kier molecular flexibility index (Phi) is 4.72. The first-order chi connectivity index (χ1) is 11.8. The van der Waals surface area contributed by atoms with Crippen LogP contribution in [0.15, 0.2) is 40.2 Å². The first-order valence-electron chi connectivity index (χ1n) is 7.46. The molecule has 1 aliphatic heterocycles. The lowest BCUT2D eigenvalue weighted by molar-refractivity contribution is 0.589. The minimum atomic E-state index is -4.09. The fourth-order valence-electron chi connectivity index (χ4n) is 2.83. The van der Waals surface area contributed by atoms with Gasteiger partial charge < -0.3 is 14.8 Å². The number of H-pyrrole nitrogens is 1. The molecule has 1 aliphatic rings. The molecule has 0 atom stereocenters. The van der Waals surface area contributed by atoms with Crippen LogP contribution in [0.2, 0.25) is 5.02 Å². The van der Waals surface area contributed by atoms with Crippen LogP contribution in [0.25, 0.3) is 0 Å². The molecule has 0 unspecified atom stereocenters. The highest BCUT2D eigenvalue weighted by molar-refractivity contribution is 7.89. The number of hydrogen-bond acceptors (Lipinski definition) is 5. The van der Waals surface area contributed by atoms with Crippen LogP contribution in [0.4, 0.5) is 15.8 Å². The molecule has 7 nitrogen and oxygen atoms in total. The molecule has 2 aromatic rings. The van der Waals surface area contributed by atoms with Gasteiger partial charge in [-0.25, -0.2) is 17.9 Å². The minimum absolute atomic E-state index is 0.167. The molecule has 1 saturated heterocycles. The number of aromatic amines is 1. The van der Waals surface area contributed by atoms with Crippen molar-refractivity contribution in [1.82, 2.24) is 4.98 Å². The first kappa shape index (κ1) is 17.7. The average molecular weight is 387 g/mol. The number of nitrogens with two attached hydrogens (primary N) is 1. The maximum atomic E-state index is 13.7. The van der Waals surface area contributed by atoms with Gasteiger partial charge in [-0.2, -0.15) is 0 Å². The lowest BCUT2D eigenvalue weighted by Crippen LogP contribution is -2.47. The van der Waals surface area contributed by atoms with Crippen LogP contribution >= 0.6 is 11.6 Å². The van der Waals surface area contributed by atoms with Crippen LogP contribution in [-0.4, -0.2) is 39.6 Å². The second-order valence-electron chi connectivity index (χ2n) is 5.66. The van der Waals surface area contributed by atoms with E-state index in [1.807, 2.05) is 4.90 Å². The third-order valence-corrected chi connectivity index (χ3v) is 5.28. The van der Waals surface area contributed by atoms with Gasteiger partial charge in [-0.15, -0.1) is 0 Å². The van der Waals surface area contributed by atoms with Crippen molar-refractivity contribution in [3.63, 3.8) is 0 Å². The van der Waals surface area contributed by atoms with E-state index in [0.29, 0.717) is 26.2 Å². The van der Waals surface area contributed by atoms with Crippen LogP contribution in [0.1, 0.15) is 0 Å². The van der Waals surface area contributed by atoms with Gasteiger partial charge in [0.25, 0.3) is 0 Å². The number of piperazine rings is 1. The van der Waals surface area contributed by atoms with Crippen molar-refractivity contribution < 1.29 is 12.8 Å². The summed E-state index contributed by atoms with van der Waals surface area (Å²) >= 11 is 5.81. The molecule has 0 amide bonds. The zero-order valence-electron chi connectivity index (χ0n) is 13.1. The molecule has 0 aliphatic carbocycles. The highest BCUT2D eigenvalue weighted by Crippen LogP contribution is 2.31. The van der Waals surface area contributed by atoms with Gasteiger partial charge in [0.2, 0.25) is 15.6 Å². The largest absolute Gasteiger partial charge is 0.368 e. The Balaban J connectivity index is 1.86. The Hall–Kier alpha value is -2.10. The fourth-order valence-corrected chi connectivity index (χ4v) is 3.73. The third kappa shape index (κ3) is 3.78. The summed E-state index contributed by atoms with van der Waals surface area (Å²) in [6.07, 6.45) is 1.57. The summed E-state index contributed by atoms with van der Waals surface area (Å²) in [6, 6.07) is 5.41. The van der Waals surface area contributed by atoms with E-state index in [1.54, 1.807) is 17.2 Å². The summed E-state index contributed by atoms with van der Waals surface area (Å²) in [5.74, 6) is -0.836. The Morgan fingerprint density at radius 3 is 2.36 bits per heavy atom. The summed E-state index contributed by atoms with van der Waals surface area (Å²) < 4.78 is 37.2. The van der Waals surface area contributed by atoms with Gasteiger partial charge in [-0.05, 0) is 18.2 Å². The van der Waals surface area contributed by atoms with Crippen LogP contribution in [0.5, 0.6) is 0 Å². The Morgan fingerprint density at radius 1 is 1.12 bits per heavy atom. The fraction of sp³-hybridized carbons (Fsp3) is 0.267. The van der Waals surface area contributed by atoms with Gasteiger partial charge in [0.05, 0.1) is 10.7 Å². The molecule has 0 radical (unpaired) electrons. The van der Waals surface area contributed by atoms with Crippen molar-refractivity contribution >= 4 is 33.0 Å². The molecule has 0 spiro atoms. The molecule has 1 aromatic heterocycles. The molecular formula is C15H16ClFN4O3S. The van der Waals surface area contributed by atoms with Crippen molar-refractivity contribution in [2.45, 2.75) is 4.90 Å². The van der Waals surface area contributed by atoms with Crippen molar-refractivity contribution in [3.05, 3.63) is 51.7 Å². The monoisotopic (exact) mass is 386 g/mol. The summed E-state index contributed by atoms with van der Waals surface area (Å²) in [7, 11) is -4.09. The van der Waals surface area contributed by atoms with Crippen molar-refractivity contribution in [2.24, 2.45) is 5.14 Å². The van der Waals surface area contributed by atoms with E-state index >= 15 is 0 Å². The Labute approximate surface area is 148 Å². The maximum Gasteiger partial charge on any atom is 0.249 e. The van der Waals surface area contributed by atoms with Gasteiger partial charge in [0.15, 0.2) is 0 Å². The lowest BCUT2D eigenvalue weighted by Gasteiger charge is -2.37. The molecule has 2 heterocycles. The molecule has 3 N–H and O–H groups in total. The van der Waals surface area contributed by atoms with Crippen LogP contribution in [-0.2, 0) is 10.0 Å². The molecule has 1 aromatic carbocycles. The van der Waals surface area contributed by atoms with Gasteiger partial charge >= 0.3 is 0 Å². The number of primary sulfonamides is 1. The minimum Gasteiger partial charge on any atom is -0.368 e. The highest BCUT2D eigenvalue weighted by atomic mass is 35.5.